The van der Waals surface area contributed by atoms with Gasteiger partial charge in [0, 0.05) is 16.6 Å². The molecule has 0 aromatic heterocycles. The average Bonchev–Trinajstić information content (AvgIpc) is 2.02. The number of hydrogen-bond donors (Lipinski definition) is 1. The third-order valence-corrected chi connectivity index (χ3v) is 1.94. The van der Waals surface area contributed by atoms with E-state index in [9.17, 15) is 0 Å². The summed E-state index contributed by atoms with van der Waals surface area (Å²) < 4.78 is 5.43. The second-order valence-electron chi connectivity index (χ2n) is 2.77. The van der Waals surface area contributed by atoms with E-state index in [2.05, 4.69) is 0 Å². The maximum Gasteiger partial charge on any atom is 0.122 e. The molecule has 0 saturated carbocycles. The maximum atomic E-state index is 5.78. The molecule has 0 amide bonds. The Morgan fingerprint density at radius 2 is 1.85 bits per heavy atom. The molecule has 1 rings (SSSR count). The first kappa shape index (κ1) is 10.6. The van der Waals surface area contributed by atoms with Crippen LogP contribution in [0.3, 0.4) is 0 Å². The van der Waals surface area contributed by atoms with Crippen LogP contribution < -0.4 is 10.5 Å². The van der Waals surface area contributed by atoms with E-state index in [4.69, 9.17) is 33.7 Å². The summed E-state index contributed by atoms with van der Waals surface area (Å²) in [5, 5.41) is 1.12. The highest BCUT2D eigenvalue weighted by Gasteiger charge is 2.03. The lowest BCUT2D eigenvalue weighted by Gasteiger charge is -2.12. The molecule has 0 aliphatic rings. The van der Waals surface area contributed by atoms with E-state index in [0.717, 1.165) is 0 Å². The van der Waals surface area contributed by atoms with Gasteiger partial charge in [0.05, 0.1) is 0 Å². The number of rotatable bonds is 3. The molecule has 2 N–H and O–H groups in total. The van der Waals surface area contributed by atoms with E-state index in [1.807, 2.05) is 6.92 Å². The summed E-state index contributed by atoms with van der Waals surface area (Å²) in [6, 6.07) is 5.07. The Hall–Kier alpha value is -0.440. The molecule has 4 heteroatoms. The lowest BCUT2D eigenvalue weighted by atomic mass is 10.3. The molecule has 0 bridgehead atoms. The van der Waals surface area contributed by atoms with Crippen LogP contribution in [0.1, 0.15) is 6.92 Å². The van der Waals surface area contributed by atoms with E-state index < -0.39 is 0 Å². The molecule has 2 nitrogen and oxygen atoms in total. The minimum absolute atomic E-state index is 0.0328. The third-order valence-electron chi connectivity index (χ3n) is 1.51. The standard InChI is InChI=1S/C9H11Cl2NO/c1-6(5-12)13-9-3-7(10)2-8(11)4-9/h2-4,6H,5,12H2,1H3. The van der Waals surface area contributed by atoms with Crippen molar-refractivity contribution in [2.75, 3.05) is 6.54 Å². The van der Waals surface area contributed by atoms with Gasteiger partial charge in [0.2, 0.25) is 0 Å². The molecule has 1 atom stereocenters. The molecular formula is C9H11Cl2NO. The summed E-state index contributed by atoms with van der Waals surface area (Å²) in [7, 11) is 0. The van der Waals surface area contributed by atoms with Crippen molar-refractivity contribution in [2.24, 2.45) is 5.73 Å². The number of benzene rings is 1. The van der Waals surface area contributed by atoms with Crippen molar-refractivity contribution in [1.82, 2.24) is 0 Å². The van der Waals surface area contributed by atoms with Gasteiger partial charge >= 0.3 is 0 Å². The fraction of sp³-hybridized carbons (Fsp3) is 0.333. The topological polar surface area (TPSA) is 35.2 Å². The fourth-order valence-electron chi connectivity index (χ4n) is 0.877. The van der Waals surface area contributed by atoms with Crippen LogP contribution in [0.25, 0.3) is 0 Å². The van der Waals surface area contributed by atoms with Crippen molar-refractivity contribution < 1.29 is 4.74 Å². The predicted octanol–water partition coefficient (Wildman–Crippen LogP) is 2.72. The third kappa shape index (κ3) is 3.43. The summed E-state index contributed by atoms with van der Waals surface area (Å²) in [4.78, 5) is 0. The fourth-order valence-corrected chi connectivity index (χ4v) is 1.38. The van der Waals surface area contributed by atoms with Crippen LogP contribution in [-0.4, -0.2) is 12.6 Å². The van der Waals surface area contributed by atoms with Gasteiger partial charge in [-0.25, -0.2) is 0 Å². The molecule has 1 unspecified atom stereocenters. The molecule has 0 radical (unpaired) electrons. The molecule has 1 aromatic carbocycles. The van der Waals surface area contributed by atoms with Gasteiger partial charge in [-0.05, 0) is 25.1 Å². The van der Waals surface area contributed by atoms with Gasteiger partial charge in [0.15, 0.2) is 0 Å². The molecule has 0 spiro atoms. The van der Waals surface area contributed by atoms with Crippen LogP contribution >= 0.6 is 23.2 Å². The van der Waals surface area contributed by atoms with Crippen molar-refractivity contribution in [3.8, 4) is 5.75 Å². The minimum Gasteiger partial charge on any atom is -0.489 e. The molecule has 1 aromatic rings. The molecule has 0 aliphatic heterocycles. The Morgan fingerprint density at radius 1 is 1.31 bits per heavy atom. The van der Waals surface area contributed by atoms with Gasteiger partial charge in [0.25, 0.3) is 0 Å². The summed E-state index contributed by atoms with van der Waals surface area (Å²) >= 11 is 11.6. The van der Waals surface area contributed by atoms with Gasteiger partial charge in [-0.15, -0.1) is 0 Å². The first-order valence-electron chi connectivity index (χ1n) is 3.94. The van der Waals surface area contributed by atoms with Crippen LogP contribution in [0.2, 0.25) is 10.0 Å². The van der Waals surface area contributed by atoms with Crippen molar-refractivity contribution in [2.45, 2.75) is 13.0 Å². The highest BCUT2D eigenvalue weighted by molar-refractivity contribution is 6.34. The van der Waals surface area contributed by atoms with Crippen molar-refractivity contribution in [3.63, 3.8) is 0 Å². The van der Waals surface area contributed by atoms with Gasteiger partial charge in [0.1, 0.15) is 11.9 Å². The molecular weight excluding hydrogens is 209 g/mol. The normalized spacial score (nSPS) is 12.6. The summed E-state index contributed by atoms with van der Waals surface area (Å²) in [5.41, 5.74) is 5.41. The van der Waals surface area contributed by atoms with Crippen LogP contribution in [0.4, 0.5) is 0 Å². The minimum atomic E-state index is -0.0328. The van der Waals surface area contributed by atoms with Crippen LogP contribution in [0.5, 0.6) is 5.75 Å². The molecule has 0 saturated heterocycles. The number of ether oxygens (including phenoxy) is 1. The Bertz CT molecular complexity index is 271. The van der Waals surface area contributed by atoms with E-state index in [0.29, 0.717) is 22.3 Å². The number of hydrogen-bond acceptors (Lipinski definition) is 2. The lowest BCUT2D eigenvalue weighted by Crippen LogP contribution is -2.22. The highest BCUT2D eigenvalue weighted by atomic mass is 35.5. The van der Waals surface area contributed by atoms with Crippen molar-refractivity contribution >= 4 is 23.2 Å². The Balaban J connectivity index is 2.77. The zero-order valence-electron chi connectivity index (χ0n) is 7.26. The van der Waals surface area contributed by atoms with E-state index in [-0.39, 0.29) is 6.10 Å². The number of nitrogens with two attached hydrogens (primary N) is 1. The van der Waals surface area contributed by atoms with Crippen molar-refractivity contribution in [3.05, 3.63) is 28.2 Å². The van der Waals surface area contributed by atoms with Crippen molar-refractivity contribution in [1.29, 1.82) is 0 Å². The Labute approximate surface area is 87.6 Å². The molecule has 72 valence electrons. The SMILES string of the molecule is CC(CN)Oc1cc(Cl)cc(Cl)c1. The smallest absolute Gasteiger partial charge is 0.122 e. The highest BCUT2D eigenvalue weighted by Crippen LogP contribution is 2.24. The Kier molecular flexibility index (Phi) is 3.85. The zero-order chi connectivity index (χ0) is 9.84. The maximum absolute atomic E-state index is 5.78. The van der Waals surface area contributed by atoms with Gasteiger partial charge < -0.3 is 10.5 Å². The molecule has 13 heavy (non-hydrogen) atoms. The average molecular weight is 220 g/mol. The first-order valence-corrected chi connectivity index (χ1v) is 4.70. The summed E-state index contributed by atoms with van der Waals surface area (Å²) in [6.07, 6.45) is -0.0328. The monoisotopic (exact) mass is 219 g/mol. The first-order chi connectivity index (χ1) is 6.11. The molecule has 0 heterocycles. The second kappa shape index (κ2) is 4.70. The zero-order valence-corrected chi connectivity index (χ0v) is 8.77. The van der Waals surface area contributed by atoms with Crippen LogP contribution in [-0.2, 0) is 0 Å². The number of halogens is 2. The van der Waals surface area contributed by atoms with Gasteiger partial charge in [-0.2, -0.15) is 0 Å². The molecule has 0 fully saturated rings. The lowest BCUT2D eigenvalue weighted by molar-refractivity contribution is 0.230. The van der Waals surface area contributed by atoms with E-state index in [1.165, 1.54) is 0 Å². The largest absolute Gasteiger partial charge is 0.489 e. The van der Waals surface area contributed by atoms with Crippen LogP contribution in [0.15, 0.2) is 18.2 Å². The quantitative estimate of drug-likeness (QED) is 0.849. The van der Waals surface area contributed by atoms with E-state index >= 15 is 0 Å². The van der Waals surface area contributed by atoms with Crippen LogP contribution in [0, 0.1) is 0 Å². The second-order valence-corrected chi connectivity index (χ2v) is 3.64. The Morgan fingerprint density at radius 3 is 2.31 bits per heavy atom. The van der Waals surface area contributed by atoms with Gasteiger partial charge in [-0.3, -0.25) is 0 Å². The predicted molar refractivity (Wildman–Crippen MR) is 55.6 cm³/mol. The summed E-state index contributed by atoms with van der Waals surface area (Å²) in [6.45, 7) is 2.35. The van der Waals surface area contributed by atoms with Gasteiger partial charge in [-0.1, -0.05) is 23.2 Å². The summed E-state index contributed by atoms with van der Waals surface area (Å²) in [5.74, 6) is 0.649. The van der Waals surface area contributed by atoms with E-state index in [1.54, 1.807) is 18.2 Å². The molecule has 0 aliphatic carbocycles.